The molecule has 0 unspecified atom stereocenters. The maximum Gasteiger partial charge on any atom is 0.336 e. The van der Waals surface area contributed by atoms with Gasteiger partial charge in [0.1, 0.15) is 11.4 Å². The minimum atomic E-state index is -2.74. The van der Waals surface area contributed by atoms with Crippen molar-refractivity contribution < 1.29 is 43.9 Å². The van der Waals surface area contributed by atoms with Gasteiger partial charge in [-0.25, -0.2) is 9.18 Å². The Balaban J connectivity index is 0.000000277. The third kappa shape index (κ3) is 7.30. The van der Waals surface area contributed by atoms with Crippen molar-refractivity contribution in [3.63, 3.8) is 0 Å². The number of aliphatic hydroxyl groups is 1. The van der Waals surface area contributed by atoms with Crippen molar-refractivity contribution >= 4 is 28.8 Å². The zero-order chi connectivity index (χ0) is 31.3. The lowest BCUT2D eigenvalue weighted by Crippen LogP contribution is -2.52. The Labute approximate surface area is 248 Å². The lowest BCUT2D eigenvalue weighted by Gasteiger charge is -2.48. The highest BCUT2D eigenvalue weighted by atomic mass is 19.1. The summed E-state index contributed by atoms with van der Waals surface area (Å²) >= 11 is 0. The summed E-state index contributed by atoms with van der Waals surface area (Å²) in [5.74, 6) is -5.20. The number of halogens is 1. The smallest absolute Gasteiger partial charge is 0.336 e. The third-order valence-corrected chi connectivity index (χ3v) is 8.40. The van der Waals surface area contributed by atoms with E-state index in [-0.39, 0.29) is 17.0 Å². The van der Waals surface area contributed by atoms with Crippen molar-refractivity contribution in [2.75, 3.05) is 6.61 Å². The van der Waals surface area contributed by atoms with Gasteiger partial charge in [0.05, 0.1) is 25.1 Å². The van der Waals surface area contributed by atoms with E-state index in [1.54, 1.807) is 6.07 Å². The fourth-order valence-corrected chi connectivity index (χ4v) is 6.14. The molecular formula is C32H37FN2O8. The number of H-pyrrole nitrogens is 1. The zero-order valence-electron chi connectivity index (χ0n) is 23.8. The molecule has 0 atom stereocenters. The van der Waals surface area contributed by atoms with Gasteiger partial charge in [0.15, 0.2) is 5.60 Å². The highest BCUT2D eigenvalue weighted by molar-refractivity contribution is 5.88. The number of hydrogen-bond donors (Lipinski definition) is 6. The quantitative estimate of drug-likeness (QED) is 0.185. The summed E-state index contributed by atoms with van der Waals surface area (Å²) in [7, 11) is 0. The molecule has 2 aliphatic rings. The largest absolute Gasteiger partial charge is 0.481 e. The Morgan fingerprint density at radius 1 is 1.02 bits per heavy atom. The van der Waals surface area contributed by atoms with E-state index in [0.717, 1.165) is 56.0 Å². The summed E-state index contributed by atoms with van der Waals surface area (Å²) in [5, 5.41) is 38.7. The van der Waals surface area contributed by atoms with E-state index < -0.39 is 36.4 Å². The fraction of sp³-hybridized carbons (Fsp3) is 0.406. The molecule has 1 saturated carbocycles. The third-order valence-electron chi connectivity index (χ3n) is 8.40. The molecule has 1 aliphatic heterocycles. The molecule has 0 bridgehead atoms. The second kappa shape index (κ2) is 13.1. The number of fused-ring (bicyclic) bond motifs is 4. The number of nitrogens with one attached hydrogen (secondary N) is 2. The van der Waals surface area contributed by atoms with Gasteiger partial charge < -0.3 is 35.5 Å². The zero-order valence-corrected chi connectivity index (χ0v) is 23.8. The molecule has 1 aromatic heterocycles. The van der Waals surface area contributed by atoms with Gasteiger partial charge in [-0.2, -0.15) is 0 Å². The Morgan fingerprint density at radius 3 is 2.26 bits per heavy atom. The van der Waals surface area contributed by atoms with Crippen molar-refractivity contribution in [1.29, 1.82) is 0 Å². The van der Waals surface area contributed by atoms with Crippen LogP contribution >= 0.6 is 0 Å². The van der Waals surface area contributed by atoms with Gasteiger partial charge >= 0.3 is 17.9 Å². The summed E-state index contributed by atoms with van der Waals surface area (Å²) in [6.45, 7) is 5.58. The van der Waals surface area contributed by atoms with Crippen LogP contribution in [0.4, 0.5) is 4.39 Å². The number of ether oxygens (including phenoxy) is 1. The number of benzene rings is 2. The summed E-state index contributed by atoms with van der Waals surface area (Å²) < 4.78 is 20.3. The second-order valence-electron chi connectivity index (χ2n) is 11.4. The lowest BCUT2D eigenvalue weighted by molar-refractivity contribution is -0.170. The Morgan fingerprint density at radius 2 is 1.67 bits per heavy atom. The van der Waals surface area contributed by atoms with Crippen LogP contribution in [0.5, 0.6) is 0 Å². The molecule has 0 radical (unpaired) electrons. The van der Waals surface area contributed by atoms with Gasteiger partial charge in [-0.05, 0) is 67.9 Å². The summed E-state index contributed by atoms with van der Waals surface area (Å²) in [5.41, 5.74) is 1.74. The molecule has 10 nitrogen and oxygen atoms in total. The van der Waals surface area contributed by atoms with Crippen molar-refractivity contribution in [1.82, 2.24) is 10.3 Å². The molecule has 6 N–H and O–H groups in total. The Kier molecular flexibility index (Phi) is 9.69. The first-order valence-electron chi connectivity index (χ1n) is 14.1. The molecule has 1 spiro atoms. The first kappa shape index (κ1) is 31.9. The van der Waals surface area contributed by atoms with E-state index >= 15 is 0 Å². The molecule has 5 rings (SSSR count). The number of carboxylic acids is 3. The predicted molar refractivity (Wildman–Crippen MR) is 156 cm³/mol. The summed E-state index contributed by atoms with van der Waals surface area (Å²) in [6.07, 6.45) is 5.48. The Bertz CT molecular complexity index is 1460. The minimum Gasteiger partial charge on any atom is -0.481 e. The van der Waals surface area contributed by atoms with Gasteiger partial charge in [0.25, 0.3) is 0 Å². The SMILES string of the molecule is C=CCC1(NCc2ccccc2)CCC2(CC1)OCCc1c2[nH]c2ccc(F)cc12.O=C(O)CC(O)(CC(=O)O)C(=O)O. The maximum absolute atomic E-state index is 13.9. The van der Waals surface area contributed by atoms with Crippen LogP contribution in [-0.2, 0) is 37.7 Å². The van der Waals surface area contributed by atoms with Crippen LogP contribution in [0.1, 0.15) is 61.8 Å². The first-order chi connectivity index (χ1) is 20.4. The molecule has 11 heteroatoms. The fourth-order valence-electron chi connectivity index (χ4n) is 6.14. The number of rotatable bonds is 10. The van der Waals surface area contributed by atoms with Gasteiger partial charge in [-0.15, -0.1) is 6.58 Å². The second-order valence-corrected chi connectivity index (χ2v) is 11.4. The number of hydrogen-bond acceptors (Lipinski definition) is 6. The molecule has 43 heavy (non-hydrogen) atoms. The molecule has 1 aliphatic carbocycles. The van der Waals surface area contributed by atoms with E-state index in [9.17, 15) is 18.8 Å². The van der Waals surface area contributed by atoms with Crippen LogP contribution in [0.2, 0.25) is 0 Å². The number of carbonyl (C=O) groups is 3. The standard InChI is InChI=1S/C26H29FN2O.C6H8O7/c1-2-11-25(28-18-19-6-4-3-5-7-19)12-14-26(15-13-25)24-21(10-16-30-26)22-17-20(27)8-9-23(22)29-24;7-3(8)1-6(13,5(11)12)2-4(9)10/h2-9,17,28-29H,1,10-16,18H2;13H,1-2H2,(H,7,8)(H,9,10)(H,11,12). The number of aliphatic carboxylic acids is 3. The van der Waals surface area contributed by atoms with Gasteiger partial charge in [-0.3, -0.25) is 9.59 Å². The first-order valence-corrected chi connectivity index (χ1v) is 14.1. The molecule has 1 fully saturated rings. The molecule has 0 saturated heterocycles. The Hall–Kier alpha value is -4.06. The van der Waals surface area contributed by atoms with E-state index in [1.807, 2.05) is 12.1 Å². The topological polar surface area (TPSA) is 169 Å². The van der Waals surface area contributed by atoms with Crippen molar-refractivity contribution in [3.8, 4) is 0 Å². The number of carboxylic acid groups (broad SMARTS) is 3. The van der Waals surface area contributed by atoms with E-state index in [4.69, 9.17) is 25.2 Å². The van der Waals surface area contributed by atoms with E-state index in [1.165, 1.54) is 22.9 Å². The van der Waals surface area contributed by atoms with Crippen LogP contribution < -0.4 is 5.32 Å². The highest BCUT2D eigenvalue weighted by Crippen LogP contribution is 2.49. The van der Waals surface area contributed by atoms with Crippen LogP contribution in [0.15, 0.2) is 61.2 Å². The average molecular weight is 597 g/mol. The van der Waals surface area contributed by atoms with Crippen molar-refractivity contribution in [3.05, 3.63) is 83.8 Å². The summed E-state index contributed by atoms with van der Waals surface area (Å²) in [6, 6.07) is 15.6. The van der Waals surface area contributed by atoms with Gasteiger partial charge in [0.2, 0.25) is 0 Å². The molecule has 3 aromatic rings. The van der Waals surface area contributed by atoms with Gasteiger partial charge in [-0.1, -0.05) is 36.4 Å². The highest BCUT2D eigenvalue weighted by Gasteiger charge is 2.47. The molecule has 2 aromatic carbocycles. The van der Waals surface area contributed by atoms with E-state index in [0.29, 0.717) is 6.61 Å². The summed E-state index contributed by atoms with van der Waals surface area (Å²) in [4.78, 5) is 34.1. The van der Waals surface area contributed by atoms with Crippen LogP contribution in [0.3, 0.4) is 0 Å². The minimum absolute atomic E-state index is 0.0436. The maximum atomic E-state index is 13.9. The van der Waals surface area contributed by atoms with Crippen molar-refractivity contribution in [2.24, 2.45) is 0 Å². The molecule has 0 amide bonds. The monoisotopic (exact) mass is 596 g/mol. The number of aromatic nitrogens is 1. The average Bonchev–Trinajstić information content (AvgIpc) is 3.33. The predicted octanol–water partition coefficient (Wildman–Crippen LogP) is 4.51. The van der Waals surface area contributed by atoms with Crippen LogP contribution in [0.25, 0.3) is 10.9 Å². The van der Waals surface area contributed by atoms with Crippen LogP contribution in [-0.4, -0.2) is 61.1 Å². The number of aromatic amines is 1. The molecule has 230 valence electrons. The molecule has 2 heterocycles. The van der Waals surface area contributed by atoms with Gasteiger partial charge in [0, 0.05) is 23.0 Å². The van der Waals surface area contributed by atoms with E-state index in [2.05, 4.69) is 47.2 Å². The van der Waals surface area contributed by atoms with Crippen LogP contribution in [0, 0.1) is 5.82 Å². The lowest BCUT2D eigenvalue weighted by atomic mass is 9.69. The molecular weight excluding hydrogens is 559 g/mol. The van der Waals surface area contributed by atoms with Crippen molar-refractivity contribution in [2.45, 2.75) is 74.7 Å². The normalized spacial score (nSPS) is 21.4.